The van der Waals surface area contributed by atoms with Crippen LogP contribution in [0.5, 0.6) is 0 Å². The highest BCUT2D eigenvalue weighted by molar-refractivity contribution is 5.75. The van der Waals surface area contributed by atoms with Gasteiger partial charge in [-0.15, -0.1) is 5.10 Å². The molecular weight excluding hydrogens is 264 g/mol. The van der Waals surface area contributed by atoms with Gasteiger partial charge in [-0.05, 0) is 12.8 Å². The summed E-state index contributed by atoms with van der Waals surface area (Å²) < 4.78 is 1.99. The highest BCUT2D eigenvalue weighted by Gasteiger charge is 2.41. The first-order chi connectivity index (χ1) is 9.37. The van der Waals surface area contributed by atoms with Crippen LogP contribution in [0, 0.1) is 5.41 Å². The van der Waals surface area contributed by atoms with Crippen molar-refractivity contribution in [2.75, 3.05) is 11.9 Å². The van der Waals surface area contributed by atoms with Gasteiger partial charge in [0, 0.05) is 20.6 Å². The molecule has 0 bridgehead atoms. The smallest absolute Gasteiger partial charge is 0.346 e. The molecule has 20 heavy (non-hydrogen) atoms. The number of hydrogen-bond donors (Lipinski definition) is 2. The minimum atomic E-state index is -0.857. The van der Waals surface area contributed by atoms with E-state index in [4.69, 9.17) is 0 Å². The normalized spacial score (nSPS) is 17.1. The van der Waals surface area contributed by atoms with E-state index in [9.17, 15) is 19.5 Å². The van der Waals surface area contributed by atoms with Crippen molar-refractivity contribution in [3.63, 3.8) is 0 Å². The Kier molecular flexibility index (Phi) is 3.65. The number of hydrogen-bond acceptors (Lipinski definition) is 5. The molecule has 1 fully saturated rings. The molecule has 8 nitrogen and oxygen atoms in total. The zero-order valence-electron chi connectivity index (χ0n) is 11.5. The Morgan fingerprint density at radius 1 is 1.35 bits per heavy atom. The van der Waals surface area contributed by atoms with Crippen molar-refractivity contribution in [3.8, 4) is 0 Å². The number of aryl methyl sites for hydroxylation is 1. The van der Waals surface area contributed by atoms with Crippen LogP contribution >= 0.6 is 0 Å². The van der Waals surface area contributed by atoms with Gasteiger partial charge in [0.2, 0.25) is 5.82 Å². The second kappa shape index (κ2) is 5.10. The summed E-state index contributed by atoms with van der Waals surface area (Å²) in [6.45, 7) is 0.142. The van der Waals surface area contributed by atoms with E-state index in [1.54, 1.807) is 0 Å². The van der Waals surface area contributed by atoms with E-state index in [0.29, 0.717) is 12.8 Å². The molecule has 0 spiro atoms. The van der Waals surface area contributed by atoms with Crippen LogP contribution in [-0.2, 0) is 18.9 Å². The highest BCUT2D eigenvalue weighted by atomic mass is 16.4. The van der Waals surface area contributed by atoms with Gasteiger partial charge in [-0.1, -0.05) is 12.8 Å². The van der Waals surface area contributed by atoms with Crippen LogP contribution in [0.2, 0.25) is 0 Å². The molecule has 2 N–H and O–H groups in total. The third-order valence-corrected chi connectivity index (χ3v) is 3.93. The number of nitrogens with one attached hydrogen (secondary N) is 1. The number of carboxylic acid groups (broad SMARTS) is 1. The van der Waals surface area contributed by atoms with Crippen LogP contribution in [0.3, 0.4) is 0 Å². The predicted molar refractivity (Wildman–Crippen MR) is 71.7 cm³/mol. The molecule has 110 valence electrons. The number of anilines is 1. The minimum Gasteiger partial charge on any atom is -0.481 e. The molecule has 1 aliphatic rings. The maximum absolute atomic E-state index is 11.9. The topological polar surface area (TPSA) is 106 Å². The Balaban J connectivity index is 2.25. The van der Waals surface area contributed by atoms with Crippen LogP contribution in [0.15, 0.2) is 9.59 Å². The number of nitrogens with zero attached hydrogens (tertiary/aromatic N) is 3. The largest absolute Gasteiger partial charge is 0.481 e. The van der Waals surface area contributed by atoms with Gasteiger partial charge >= 0.3 is 11.7 Å². The fourth-order valence-electron chi connectivity index (χ4n) is 2.58. The van der Waals surface area contributed by atoms with E-state index in [1.807, 2.05) is 0 Å². The first kappa shape index (κ1) is 14.3. The van der Waals surface area contributed by atoms with Gasteiger partial charge < -0.3 is 10.4 Å². The lowest BCUT2D eigenvalue weighted by atomic mass is 9.86. The van der Waals surface area contributed by atoms with Crippen LogP contribution < -0.4 is 16.6 Å². The summed E-state index contributed by atoms with van der Waals surface area (Å²) >= 11 is 0. The minimum absolute atomic E-state index is 0.00197. The van der Waals surface area contributed by atoms with E-state index in [2.05, 4.69) is 10.4 Å². The van der Waals surface area contributed by atoms with Crippen molar-refractivity contribution in [1.82, 2.24) is 14.3 Å². The second-order valence-electron chi connectivity index (χ2n) is 5.27. The maximum Gasteiger partial charge on any atom is 0.346 e. The lowest BCUT2D eigenvalue weighted by molar-refractivity contribution is -0.147. The van der Waals surface area contributed by atoms with E-state index < -0.39 is 22.6 Å². The van der Waals surface area contributed by atoms with Crippen LogP contribution in [0.4, 0.5) is 5.82 Å². The van der Waals surface area contributed by atoms with Crippen LogP contribution in [0.1, 0.15) is 25.7 Å². The maximum atomic E-state index is 11.9. The third-order valence-electron chi connectivity index (χ3n) is 3.93. The average Bonchev–Trinajstić information content (AvgIpc) is 2.89. The summed E-state index contributed by atoms with van der Waals surface area (Å²) in [4.78, 5) is 34.8. The van der Waals surface area contributed by atoms with Crippen molar-refractivity contribution in [1.29, 1.82) is 0 Å². The number of aliphatic carboxylic acids is 1. The van der Waals surface area contributed by atoms with Crippen molar-refractivity contribution >= 4 is 11.8 Å². The van der Waals surface area contributed by atoms with Gasteiger partial charge in [0.25, 0.3) is 5.56 Å². The molecule has 0 radical (unpaired) electrons. The van der Waals surface area contributed by atoms with Crippen LogP contribution in [-0.4, -0.2) is 32.0 Å². The standard InChI is InChI=1S/C12H18N4O4/c1-15-9(17)8(14-16(2)11(15)20)13-7-12(10(18)19)5-3-4-6-12/h3-7H2,1-2H3,(H,13,14)(H,18,19). The molecular formula is C12H18N4O4. The Labute approximate surface area is 115 Å². The van der Waals surface area contributed by atoms with Crippen molar-refractivity contribution in [2.24, 2.45) is 19.5 Å². The molecule has 1 aliphatic carbocycles. The van der Waals surface area contributed by atoms with Gasteiger partial charge in [0.15, 0.2) is 0 Å². The fraction of sp³-hybridized carbons (Fsp3) is 0.667. The summed E-state index contributed by atoms with van der Waals surface area (Å²) in [6, 6.07) is 0. The molecule has 1 saturated carbocycles. The first-order valence-corrected chi connectivity index (χ1v) is 6.49. The zero-order valence-corrected chi connectivity index (χ0v) is 11.5. The molecule has 0 atom stereocenters. The number of carboxylic acids is 1. The summed E-state index contributed by atoms with van der Waals surface area (Å²) in [5.41, 5.74) is -1.91. The van der Waals surface area contributed by atoms with Gasteiger partial charge in [-0.3, -0.25) is 14.2 Å². The predicted octanol–water partition coefficient (Wildman–Crippen LogP) is -0.464. The molecule has 0 aliphatic heterocycles. The molecule has 2 rings (SSSR count). The van der Waals surface area contributed by atoms with Gasteiger partial charge in [0.05, 0.1) is 5.41 Å². The fourth-order valence-corrected chi connectivity index (χ4v) is 2.58. The first-order valence-electron chi connectivity index (χ1n) is 6.49. The number of rotatable bonds is 4. The average molecular weight is 282 g/mol. The summed E-state index contributed by atoms with van der Waals surface area (Å²) in [5.74, 6) is -0.855. The molecule has 8 heteroatoms. The Hall–Kier alpha value is -2.12. The van der Waals surface area contributed by atoms with Gasteiger partial charge in [0.1, 0.15) is 0 Å². The lowest BCUT2D eigenvalue weighted by Gasteiger charge is -2.24. The van der Waals surface area contributed by atoms with E-state index in [1.165, 1.54) is 14.1 Å². The summed E-state index contributed by atoms with van der Waals surface area (Å²) in [6.07, 6.45) is 2.90. The Bertz CT molecular complexity index is 640. The molecule has 0 saturated heterocycles. The molecule has 1 aromatic heterocycles. The van der Waals surface area contributed by atoms with Gasteiger partial charge in [-0.2, -0.15) is 0 Å². The quantitative estimate of drug-likeness (QED) is 0.773. The van der Waals surface area contributed by atoms with Crippen molar-refractivity contribution < 1.29 is 9.90 Å². The zero-order chi connectivity index (χ0) is 14.9. The van der Waals surface area contributed by atoms with Crippen LogP contribution in [0.25, 0.3) is 0 Å². The Morgan fingerprint density at radius 3 is 2.50 bits per heavy atom. The highest BCUT2D eigenvalue weighted by Crippen LogP contribution is 2.38. The van der Waals surface area contributed by atoms with E-state index in [0.717, 1.165) is 22.1 Å². The molecule has 1 aromatic rings. The molecule has 0 amide bonds. The molecule has 0 unspecified atom stereocenters. The Morgan fingerprint density at radius 2 is 1.95 bits per heavy atom. The van der Waals surface area contributed by atoms with Crippen molar-refractivity contribution in [3.05, 3.63) is 20.8 Å². The summed E-state index contributed by atoms with van der Waals surface area (Å²) in [5, 5.41) is 16.0. The SMILES string of the molecule is Cn1nc(NCC2(C(=O)O)CCCC2)c(=O)n(C)c1=O. The number of carbonyl (C=O) groups is 1. The molecule has 1 heterocycles. The lowest BCUT2D eigenvalue weighted by Crippen LogP contribution is -2.42. The van der Waals surface area contributed by atoms with E-state index in [-0.39, 0.29) is 12.4 Å². The van der Waals surface area contributed by atoms with E-state index >= 15 is 0 Å². The van der Waals surface area contributed by atoms with Crippen molar-refractivity contribution in [2.45, 2.75) is 25.7 Å². The molecule has 0 aromatic carbocycles. The monoisotopic (exact) mass is 282 g/mol. The summed E-state index contributed by atoms with van der Waals surface area (Å²) in [7, 11) is 2.80. The van der Waals surface area contributed by atoms with Gasteiger partial charge in [-0.25, -0.2) is 9.48 Å². The third kappa shape index (κ3) is 2.33. The second-order valence-corrected chi connectivity index (χ2v) is 5.27. The number of aromatic nitrogens is 3.